The fraction of sp³-hybridized carbons (Fsp3) is 0.154. The fourth-order valence-electron chi connectivity index (χ4n) is 1.79. The van der Waals surface area contributed by atoms with E-state index < -0.39 is 4.92 Å². The maximum atomic E-state index is 11.0. The van der Waals surface area contributed by atoms with Crippen LogP contribution < -0.4 is 11.1 Å². The molecule has 0 fully saturated rings. The smallest absolute Gasteiger partial charge is 0.311 e. The Morgan fingerprint density at radius 1 is 1.35 bits per heavy atom. The molecule has 0 saturated heterocycles. The summed E-state index contributed by atoms with van der Waals surface area (Å²) < 4.78 is 0.550. The largest absolute Gasteiger partial charge is 0.399 e. The maximum absolute atomic E-state index is 11.0. The number of hydrogen-bond acceptors (Lipinski definition) is 5. The van der Waals surface area contributed by atoms with Crippen LogP contribution in [0.3, 0.4) is 0 Å². The van der Waals surface area contributed by atoms with Crippen molar-refractivity contribution in [2.75, 3.05) is 11.1 Å². The van der Waals surface area contributed by atoms with Crippen LogP contribution in [0, 0.1) is 10.1 Å². The Bertz CT molecular complexity index is 631. The van der Waals surface area contributed by atoms with Gasteiger partial charge in [0.2, 0.25) is 0 Å². The first-order valence-electron chi connectivity index (χ1n) is 5.89. The van der Waals surface area contributed by atoms with Crippen molar-refractivity contribution >= 4 is 33.0 Å². The van der Waals surface area contributed by atoms with E-state index in [1.165, 1.54) is 12.4 Å². The number of pyridine rings is 1. The molecule has 0 amide bonds. The van der Waals surface area contributed by atoms with Gasteiger partial charge in [0.15, 0.2) is 0 Å². The zero-order chi connectivity index (χ0) is 14.7. The molecule has 0 bridgehead atoms. The average molecular weight is 337 g/mol. The minimum atomic E-state index is -0.463. The van der Waals surface area contributed by atoms with E-state index in [1.807, 2.05) is 19.1 Å². The lowest BCUT2D eigenvalue weighted by atomic mass is 10.1. The first kappa shape index (κ1) is 14.3. The van der Waals surface area contributed by atoms with Crippen LogP contribution in [-0.2, 0) is 0 Å². The molecule has 2 rings (SSSR count). The molecule has 6 nitrogen and oxygen atoms in total. The van der Waals surface area contributed by atoms with Crippen molar-refractivity contribution < 1.29 is 4.92 Å². The SMILES string of the molecule is CC(Nc1c(Br)cncc1[N+](=O)[O-])c1ccc(N)cc1. The Labute approximate surface area is 124 Å². The Morgan fingerprint density at radius 2 is 2.00 bits per heavy atom. The first-order valence-corrected chi connectivity index (χ1v) is 6.68. The van der Waals surface area contributed by atoms with Gasteiger partial charge in [0.1, 0.15) is 11.9 Å². The van der Waals surface area contributed by atoms with Gasteiger partial charge in [-0.3, -0.25) is 15.1 Å². The zero-order valence-corrected chi connectivity index (χ0v) is 12.3. The predicted molar refractivity (Wildman–Crippen MR) is 81.5 cm³/mol. The van der Waals surface area contributed by atoms with E-state index in [4.69, 9.17) is 5.73 Å². The second-order valence-corrected chi connectivity index (χ2v) is 5.16. The molecular formula is C13H13BrN4O2. The number of rotatable bonds is 4. The number of anilines is 2. The quantitative estimate of drug-likeness (QED) is 0.506. The lowest BCUT2D eigenvalue weighted by molar-refractivity contribution is -0.384. The van der Waals surface area contributed by atoms with Crippen LogP contribution in [0.1, 0.15) is 18.5 Å². The highest BCUT2D eigenvalue weighted by Gasteiger charge is 2.19. The van der Waals surface area contributed by atoms with Crippen LogP contribution in [0.2, 0.25) is 0 Å². The van der Waals surface area contributed by atoms with Crippen LogP contribution in [-0.4, -0.2) is 9.91 Å². The van der Waals surface area contributed by atoms with Gasteiger partial charge in [-0.25, -0.2) is 0 Å². The van der Waals surface area contributed by atoms with E-state index in [0.29, 0.717) is 15.8 Å². The van der Waals surface area contributed by atoms with Gasteiger partial charge >= 0.3 is 5.69 Å². The second-order valence-electron chi connectivity index (χ2n) is 4.31. The summed E-state index contributed by atoms with van der Waals surface area (Å²) in [6.45, 7) is 1.92. The van der Waals surface area contributed by atoms with Crippen molar-refractivity contribution in [2.45, 2.75) is 13.0 Å². The third-order valence-corrected chi connectivity index (χ3v) is 3.47. The van der Waals surface area contributed by atoms with Gasteiger partial charge in [0.25, 0.3) is 0 Å². The summed E-state index contributed by atoms with van der Waals surface area (Å²) in [6.07, 6.45) is 2.74. The summed E-state index contributed by atoms with van der Waals surface area (Å²) in [5.41, 5.74) is 7.65. The molecular weight excluding hydrogens is 324 g/mol. The molecule has 1 aromatic carbocycles. The van der Waals surface area contributed by atoms with E-state index >= 15 is 0 Å². The van der Waals surface area contributed by atoms with E-state index in [-0.39, 0.29) is 11.7 Å². The van der Waals surface area contributed by atoms with Crippen molar-refractivity contribution in [2.24, 2.45) is 0 Å². The van der Waals surface area contributed by atoms with E-state index in [1.54, 1.807) is 12.1 Å². The summed E-state index contributed by atoms with van der Waals surface area (Å²) in [4.78, 5) is 14.4. The van der Waals surface area contributed by atoms with Gasteiger partial charge in [-0.15, -0.1) is 0 Å². The monoisotopic (exact) mass is 336 g/mol. The summed E-state index contributed by atoms with van der Waals surface area (Å²) in [7, 11) is 0. The highest BCUT2D eigenvalue weighted by Crippen LogP contribution is 2.33. The number of aromatic nitrogens is 1. The van der Waals surface area contributed by atoms with Crippen LogP contribution >= 0.6 is 15.9 Å². The molecule has 1 heterocycles. The van der Waals surface area contributed by atoms with Crippen molar-refractivity contribution in [3.05, 3.63) is 56.8 Å². The van der Waals surface area contributed by atoms with Crippen molar-refractivity contribution in [3.63, 3.8) is 0 Å². The lowest BCUT2D eigenvalue weighted by Gasteiger charge is -2.16. The van der Waals surface area contributed by atoms with E-state index in [0.717, 1.165) is 5.56 Å². The number of nitrogens with one attached hydrogen (secondary N) is 1. The molecule has 0 spiro atoms. The molecule has 0 aliphatic carbocycles. The van der Waals surface area contributed by atoms with Gasteiger partial charge in [-0.2, -0.15) is 0 Å². The van der Waals surface area contributed by atoms with Crippen LogP contribution in [0.15, 0.2) is 41.1 Å². The zero-order valence-electron chi connectivity index (χ0n) is 10.7. The molecule has 3 N–H and O–H groups in total. The Kier molecular flexibility index (Phi) is 4.19. The molecule has 1 unspecified atom stereocenters. The number of halogens is 1. The van der Waals surface area contributed by atoms with E-state index in [2.05, 4.69) is 26.2 Å². The molecule has 20 heavy (non-hydrogen) atoms. The van der Waals surface area contributed by atoms with Crippen LogP contribution in [0.4, 0.5) is 17.1 Å². The van der Waals surface area contributed by atoms with Crippen molar-refractivity contribution in [1.29, 1.82) is 0 Å². The third kappa shape index (κ3) is 3.05. The van der Waals surface area contributed by atoms with Crippen LogP contribution in [0.5, 0.6) is 0 Å². The third-order valence-electron chi connectivity index (χ3n) is 2.87. The van der Waals surface area contributed by atoms with Gasteiger partial charge in [0, 0.05) is 17.9 Å². The minimum absolute atomic E-state index is 0.0679. The number of nitrogen functional groups attached to an aromatic ring is 1. The number of nitrogens with zero attached hydrogens (tertiary/aromatic N) is 2. The first-order chi connectivity index (χ1) is 9.49. The topological polar surface area (TPSA) is 94.1 Å². The summed E-state index contributed by atoms with van der Waals surface area (Å²) in [5, 5.41) is 14.2. The predicted octanol–water partition coefficient (Wildman–Crippen LogP) is 3.51. The molecule has 1 aromatic heterocycles. The standard InChI is InChI=1S/C13H13BrN4O2/c1-8(9-2-4-10(15)5-3-9)17-13-11(14)6-16-7-12(13)18(19)20/h2-8H,15H2,1H3,(H,16,17). The van der Waals surface area contributed by atoms with Gasteiger partial charge in [-0.1, -0.05) is 12.1 Å². The normalized spacial score (nSPS) is 11.9. The summed E-state index contributed by atoms with van der Waals surface area (Å²) in [6, 6.07) is 7.25. The number of nitrogens with two attached hydrogens (primary N) is 1. The number of benzene rings is 1. The number of nitro groups is 1. The van der Waals surface area contributed by atoms with Crippen molar-refractivity contribution in [1.82, 2.24) is 4.98 Å². The highest BCUT2D eigenvalue weighted by molar-refractivity contribution is 9.10. The molecule has 2 aromatic rings. The molecule has 0 aliphatic rings. The second kappa shape index (κ2) is 5.87. The Morgan fingerprint density at radius 3 is 2.60 bits per heavy atom. The molecule has 0 radical (unpaired) electrons. The Balaban J connectivity index is 2.30. The van der Waals surface area contributed by atoms with Gasteiger partial charge in [0.05, 0.1) is 9.40 Å². The highest BCUT2D eigenvalue weighted by atomic mass is 79.9. The summed E-state index contributed by atoms with van der Waals surface area (Å²) >= 11 is 3.28. The van der Waals surface area contributed by atoms with Gasteiger partial charge < -0.3 is 11.1 Å². The molecule has 7 heteroatoms. The van der Waals surface area contributed by atoms with E-state index in [9.17, 15) is 10.1 Å². The van der Waals surface area contributed by atoms with Crippen molar-refractivity contribution in [3.8, 4) is 0 Å². The maximum Gasteiger partial charge on any atom is 0.311 e. The molecule has 0 aliphatic heterocycles. The minimum Gasteiger partial charge on any atom is -0.399 e. The average Bonchev–Trinajstić information content (AvgIpc) is 2.41. The Hall–Kier alpha value is -2.15. The summed E-state index contributed by atoms with van der Waals surface area (Å²) in [5.74, 6) is 0. The molecule has 104 valence electrons. The lowest BCUT2D eigenvalue weighted by Crippen LogP contribution is -2.09. The fourth-order valence-corrected chi connectivity index (χ4v) is 2.23. The molecule has 1 atom stereocenters. The van der Waals surface area contributed by atoms with Gasteiger partial charge in [-0.05, 0) is 40.5 Å². The molecule has 0 saturated carbocycles. The van der Waals surface area contributed by atoms with Crippen LogP contribution in [0.25, 0.3) is 0 Å². The number of hydrogen-bond donors (Lipinski definition) is 2.